The second kappa shape index (κ2) is 6.99. The topological polar surface area (TPSA) is 81.5 Å². The van der Waals surface area contributed by atoms with Gasteiger partial charge in [0.25, 0.3) is 5.91 Å². The van der Waals surface area contributed by atoms with Crippen molar-refractivity contribution in [2.75, 3.05) is 0 Å². The summed E-state index contributed by atoms with van der Waals surface area (Å²) >= 11 is 0. The SMILES string of the molecule is C.C[B]C(C)(C(=O)N=C(N)N)c1c(C)c(C)c(C)c(C)c1C. The second-order valence-corrected chi connectivity index (χ2v) is 5.83. The molecular weight excluding hydrogens is 273 g/mol. The molecule has 0 aliphatic carbocycles. The van der Waals surface area contributed by atoms with E-state index in [0.29, 0.717) is 0 Å². The quantitative estimate of drug-likeness (QED) is 0.511. The van der Waals surface area contributed by atoms with E-state index in [1.807, 2.05) is 21.0 Å². The average molecular weight is 302 g/mol. The van der Waals surface area contributed by atoms with E-state index in [1.54, 1.807) is 0 Å². The Morgan fingerprint density at radius 1 is 0.955 bits per heavy atom. The van der Waals surface area contributed by atoms with Gasteiger partial charge in [0, 0.05) is 5.31 Å². The molecule has 0 fully saturated rings. The van der Waals surface area contributed by atoms with E-state index in [2.05, 4.69) is 39.6 Å². The van der Waals surface area contributed by atoms with Gasteiger partial charge >= 0.3 is 0 Å². The largest absolute Gasteiger partial charge is 0.370 e. The van der Waals surface area contributed by atoms with Gasteiger partial charge in [-0.05, 0) is 68.0 Å². The van der Waals surface area contributed by atoms with Crippen LogP contribution in [0.4, 0.5) is 0 Å². The molecule has 121 valence electrons. The Bertz CT molecular complexity index is 590. The fraction of sp³-hybridized carbons (Fsp3) is 0.529. The van der Waals surface area contributed by atoms with E-state index in [0.717, 1.165) is 16.7 Å². The van der Waals surface area contributed by atoms with Gasteiger partial charge in [0.2, 0.25) is 0 Å². The number of hydrogen-bond donors (Lipinski definition) is 2. The summed E-state index contributed by atoms with van der Waals surface area (Å²) in [6.45, 7) is 14.1. The van der Waals surface area contributed by atoms with E-state index >= 15 is 0 Å². The number of carbonyl (C=O) groups is 1. The van der Waals surface area contributed by atoms with Crippen LogP contribution >= 0.6 is 0 Å². The van der Waals surface area contributed by atoms with Crippen molar-refractivity contribution in [3.8, 4) is 0 Å². The highest BCUT2D eigenvalue weighted by molar-refractivity contribution is 6.46. The molecular formula is C17H29BN3O. The molecule has 1 radical (unpaired) electrons. The Morgan fingerprint density at radius 3 is 1.64 bits per heavy atom. The molecule has 5 heteroatoms. The number of amides is 1. The van der Waals surface area contributed by atoms with E-state index in [-0.39, 0.29) is 19.3 Å². The lowest BCUT2D eigenvalue weighted by Gasteiger charge is -2.31. The monoisotopic (exact) mass is 302 g/mol. The van der Waals surface area contributed by atoms with Gasteiger partial charge in [-0.3, -0.25) is 4.79 Å². The minimum absolute atomic E-state index is 0. The number of guanidine groups is 1. The van der Waals surface area contributed by atoms with Crippen LogP contribution in [0.2, 0.25) is 6.82 Å². The van der Waals surface area contributed by atoms with Gasteiger partial charge in [0.05, 0.1) is 0 Å². The Labute approximate surface area is 135 Å². The number of nitrogens with zero attached hydrogens (tertiary/aromatic N) is 1. The molecule has 0 spiro atoms. The number of nitrogens with two attached hydrogens (primary N) is 2. The molecule has 0 aliphatic rings. The van der Waals surface area contributed by atoms with Crippen LogP contribution in [0.15, 0.2) is 4.99 Å². The highest BCUT2D eigenvalue weighted by Gasteiger charge is 2.37. The number of aliphatic imine (C=N–C) groups is 1. The standard InChI is InChI=1S/C16H25BN3O.CH4/c1-8-9(2)11(4)13(12(5)10(8)3)16(6,17-7)14(21)20-15(18)19;/h1-7H3,(H4,18,19,20,21);1H4. The predicted molar refractivity (Wildman–Crippen MR) is 96.6 cm³/mol. The molecule has 4 nitrogen and oxygen atoms in total. The van der Waals surface area contributed by atoms with Crippen molar-refractivity contribution >= 4 is 19.1 Å². The van der Waals surface area contributed by atoms with E-state index in [9.17, 15) is 4.79 Å². The third kappa shape index (κ3) is 3.18. The lowest BCUT2D eigenvalue weighted by molar-refractivity contribution is -0.120. The van der Waals surface area contributed by atoms with Crippen LogP contribution in [-0.2, 0) is 10.1 Å². The zero-order valence-electron chi connectivity index (χ0n) is 14.1. The molecule has 1 atom stereocenters. The molecule has 0 bridgehead atoms. The molecule has 4 N–H and O–H groups in total. The smallest absolute Gasteiger partial charge is 0.251 e. The summed E-state index contributed by atoms with van der Waals surface area (Å²) in [7, 11) is 1.87. The van der Waals surface area contributed by atoms with Crippen LogP contribution in [0.25, 0.3) is 0 Å². The molecule has 0 saturated carbocycles. The molecule has 1 unspecified atom stereocenters. The van der Waals surface area contributed by atoms with E-state index in [1.165, 1.54) is 16.7 Å². The van der Waals surface area contributed by atoms with Gasteiger partial charge < -0.3 is 11.5 Å². The van der Waals surface area contributed by atoms with Crippen molar-refractivity contribution in [2.24, 2.45) is 16.5 Å². The molecule has 22 heavy (non-hydrogen) atoms. The summed E-state index contributed by atoms with van der Waals surface area (Å²) in [5, 5.41) is -0.832. The fourth-order valence-corrected chi connectivity index (χ4v) is 2.89. The maximum Gasteiger partial charge on any atom is 0.251 e. The average Bonchev–Trinajstić information content (AvgIpc) is 2.42. The Kier molecular flexibility index (Phi) is 6.43. The second-order valence-electron chi connectivity index (χ2n) is 5.83. The third-order valence-corrected chi connectivity index (χ3v) is 4.77. The van der Waals surface area contributed by atoms with Crippen LogP contribution in [-0.4, -0.2) is 19.1 Å². The lowest BCUT2D eigenvalue weighted by atomic mass is 9.49. The van der Waals surface area contributed by atoms with Crippen LogP contribution < -0.4 is 11.5 Å². The van der Waals surface area contributed by atoms with Crippen LogP contribution in [0.5, 0.6) is 0 Å². The van der Waals surface area contributed by atoms with Crippen LogP contribution in [0, 0.1) is 34.6 Å². The van der Waals surface area contributed by atoms with Gasteiger partial charge in [-0.1, -0.05) is 21.2 Å². The highest BCUT2D eigenvalue weighted by atomic mass is 16.1. The summed E-state index contributed by atoms with van der Waals surface area (Å²) in [5.41, 5.74) is 17.7. The first-order valence-electron chi connectivity index (χ1n) is 7.09. The number of carbonyl (C=O) groups excluding carboxylic acids is 1. The van der Waals surface area contributed by atoms with Crippen molar-refractivity contribution in [3.05, 3.63) is 33.4 Å². The number of hydrogen-bond acceptors (Lipinski definition) is 1. The van der Waals surface area contributed by atoms with Gasteiger partial charge in [0.1, 0.15) is 7.28 Å². The maximum atomic E-state index is 12.5. The molecule has 0 aromatic heterocycles. The Hall–Kier alpha value is -1.78. The van der Waals surface area contributed by atoms with Crippen LogP contribution in [0.3, 0.4) is 0 Å². The maximum absolute atomic E-state index is 12.5. The van der Waals surface area contributed by atoms with Gasteiger partial charge in [0.15, 0.2) is 5.96 Å². The summed E-state index contributed by atoms with van der Waals surface area (Å²) in [5.74, 6) is -0.539. The van der Waals surface area contributed by atoms with Gasteiger partial charge in [-0.25, -0.2) is 0 Å². The summed E-state index contributed by atoms with van der Waals surface area (Å²) < 4.78 is 0. The van der Waals surface area contributed by atoms with Gasteiger partial charge in [-0.15, -0.1) is 0 Å². The first kappa shape index (κ1) is 20.2. The fourth-order valence-electron chi connectivity index (χ4n) is 2.89. The Morgan fingerprint density at radius 2 is 1.32 bits per heavy atom. The molecule has 1 amide bonds. The lowest BCUT2D eigenvalue weighted by Crippen LogP contribution is -2.40. The minimum Gasteiger partial charge on any atom is -0.370 e. The van der Waals surface area contributed by atoms with Crippen molar-refractivity contribution in [2.45, 2.75) is 61.1 Å². The minimum atomic E-state index is -0.832. The van der Waals surface area contributed by atoms with Crippen molar-refractivity contribution in [3.63, 3.8) is 0 Å². The number of benzene rings is 1. The normalized spacial score (nSPS) is 12.9. The van der Waals surface area contributed by atoms with E-state index in [4.69, 9.17) is 11.5 Å². The highest BCUT2D eigenvalue weighted by Crippen LogP contribution is 2.35. The number of rotatable bonds is 3. The summed E-state index contributed by atoms with van der Waals surface area (Å²) in [4.78, 5) is 16.3. The molecule has 1 rings (SSSR count). The third-order valence-electron chi connectivity index (χ3n) is 4.77. The summed E-state index contributed by atoms with van der Waals surface area (Å²) in [6, 6.07) is 0. The first-order valence-corrected chi connectivity index (χ1v) is 7.09. The molecule has 1 aromatic rings. The van der Waals surface area contributed by atoms with Gasteiger partial charge in [-0.2, -0.15) is 4.99 Å². The molecule has 1 aromatic carbocycles. The predicted octanol–water partition coefficient (Wildman–Crippen LogP) is 2.63. The molecule has 0 saturated heterocycles. The zero-order chi connectivity index (χ0) is 16.5. The Balaban J connectivity index is 0.00000441. The zero-order valence-corrected chi connectivity index (χ0v) is 14.1. The van der Waals surface area contributed by atoms with Crippen molar-refractivity contribution in [1.29, 1.82) is 0 Å². The summed E-state index contributed by atoms with van der Waals surface area (Å²) in [6.07, 6.45) is 0. The molecule has 0 heterocycles. The van der Waals surface area contributed by atoms with Crippen LogP contribution in [0.1, 0.15) is 47.7 Å². The van der Waals surface area contributed by atoms with Crippen molar-refractivity contribution < 1.29 is 4.79 Å². The molecule has 0 aliphatic heterocycles. The first-order chi connectivity index (χ1) is 9.57. The van der Waals surface area contributed by atoms with E-state index < -0.39 is 5.31 Å². The van der Waals surface area contributed by atoms with Crippen molar-refractivity contribution in [1.82, 2.24) is 0 Å².